The molecule has 5 nitrogen and oxygen atoms in total. The largest absolute Gasteiger partial charge is 0.493 e. The first-order chi connectivity index (χ1) is 13.5. The van der Waals surface area contributed by atoms with E-state index in [1.165, 1.54) is 4.88 Å². The van der Waals surface area contributed by atoms with Crippen molar-refractivity contribution in [1.82, 2.24) is 9.62 Å². The van der Waals surface area contributed by atoms with Gasteiger partial charge in [0.2, 0.25) is 10.0 Å². The van der Waals surface area contributed by atoms with Gasteiger partial charge in [-0.3, -0.25) is 0 Å². The Hall–Kier alpha value is -1.41. The molecule has 1 fully saturated rings. The van der Waals surface area contributed by atoms with Gasteiger partial charge in [0, 0.05) is 18.0 Å². The van der Waals surface area contributed by atoms with E-state index in [0.29, 0.717) is 24.0 Å². The molecule has 0 bridgehead atoms. The van der Waals surface area contributed by atoms with E-state index in [1.54, 1.807) is 18.2 Å². The van der Waals surface area contributed by atoms with E-state index in [0.717, 1.165) is 50.2 Å². The molecule has 28 heavy (non-hydrogen) atoms. The minimum atomic E-state index is -3.50. The van der Waals surface area contributed by atoms with Crippen molar-refractivity contribution in [3.8, 4) is 5.75 Å². The zero-order chi connectivity index (χ0) is 20.0. The highest BCUT2D eigenvalue weighted by molar-refractivity contribution is 7.89. The van der Waals surface area contributed by atoms with Crippen LogP contribution in [0.3, 0.4) is 0 Å². The van der Waals surface area contributed by atoms with Crippen molar-refractivity contribution in [3.63, 3.8) is 0 Å². The van der Waals surface area contributed by atoms with Crippen LogP contribution in [0.15, 0.2) is 40.6 Å². The molecule has 1 saturated heterocycles. The Bertz CT molecular complexity index is 843. The third-order valence-electron chi connectivity index (χ3n) is 5.17. The molecule has 1 aromatic heterocycles. The van der Waals surface area contributed by atoms with Crippen LogP contribution in [0.4, 0.5) is 0 Å². The zero-order valence-corrected chi connectivity index (χ0v) is 18.3. The molecule has 0 atom stereocenters. The van der Waals surface area contributed by atoms with Crippen LogP contribution >= 0.6 is 11.3 Å². The minimum Gasteiger partial charge on any atom is -0.493 e. The molecular formula is C21H30N2O3S2. The second-order valence-corrected chi connectivity index (χ2v) is 10.1. The fourth-order valence-electron chi connectivity index (χ4n) is 3.55. The van der Waals surface area contributed by atoms with Crippen molar-refractivity contribution < 1.29 is 13.2 Å². The molecule has 0 unspecified atom stereocenters. The highest BCUT2D eigenvalue weighted by Crippen LogP contribution is 2.30. The van der Waals surface area contributed by atoms with Crippen molar-refractivity contribution in [3.05, 3.63) is 46.2 Å². The number of nitrogens with one attached hydrogen (secondary N) is 1. The van der Waals surface area contributed by atoms with Gasteiger partial charge >= 0.3 is 0 Å². The molecule has 1 aliphatic heterocycles. The Balaban J connectivity index is 1.47. The molecule has 2 heterocycles. The van der Waals surface area contributed by atoms with Crippen molar-refractivity contribution >= 4 is 21.4 Å². The molecule has 0 aliphatic carbocycles. The van der Waals surface area contributed by atoms with E-state index < -0.39 is 10.0 Å². The summed E-state index contributed by atoms with van der Waals surface area (Å²) in [4.78, 5) is 4.12. The van der Waals surface area contributed by atoms with Crippen molar-refractivity contribution in [2.75, 3.05) is 32.8 Å². The van der Waals surface area contributed by atoms with E-state index in [2.05, 4.69) is 27.1 Å². The number of sulfonamides is 1. The summed E-state index contributed by atoms with van der Waals surface area (Å²) >= 11 is 1.84. The molecular weight excluding hydrogens is 392 g/mol. The number of hydrogen-bond acceptors (Lipinski definition) is 5. The predicted octanol–water partition coefficient (Wildman–Crippen LogP) is 4.00. The number of benzene rings is 1. The molecule has 1 aromatic carbocycles. The third-order valence-corrected chi connectivity index (χ3v) is 7.67. The number of piperidine rings is 1. The van der Waals surface area contributed by atoms with Gasteiger partial charge in [0.25, 0.3) is 0 Å². The van der Waals surface area contributed by atoms with E-state index in [9.17, 15) is 8.42 Å². The van der Waals surface area contributed by atoms with Crippen molar-refractivity contribution in [2.24, 2.45) is 0 Å². The Morgan fingerprint density at radius 2 is 2.04 bits per heavy atom. The van der Waals surface area contributed by atoms with Crippen molar-refractivity contribution in [2.45, 2.75) is 43.9 Å². The number of thiophene rings is 1. The Kier molecular flexibility index (Phi) is 7.51. The summed E-state index contributed by atoms with van der Waals surface area (Å²) < 4.78 is 33.6. The monoisotopic (exact) mass is 422 g/mol. The quantitative estimate of drug-likeness (QED) is 0.663. The van der Waals surface area contributed by atoms with Gasteiger partial charge in [0.05, 0.1) is 11.5 Å². The van der Waals surface area contributed by atoms with Crippen LogP contribution in [0.5, 0.6) is 5.75 Å². The van der Waals surface area contributed by atoms with Crippen LogP contribution in [-0.2, 0) is 10.0 Å². The Morgan fingerprint density at radius 3 is 2.68 bits per heavy atom. The number of aryl methyl sites for hydroxylation is 1. The fraction of sp³-hybridized carbons (Fsp3) is 0.524. The van der Waals surface area contributed by atoms with Crippen LogP contribution in [0.2, 0.25) is 0 Å². The number of nitrogens with zero attached hydrogens (tertiary/aromatic N) is 1. The molecule has 2 aromatic rings. The lowest BCUT2D eigenvalue weighted by Gasteiger charge is -2.31. The maximum Gasteiger partial charge on any atom is 0.240 e. The van der Waals surface area contributed by atoms with Crippen LogP contribution in [0, 0.1) is 6.92 Å². The van der Waals surface area contributed by atoms with Gasteiger partial charge in [0.15, 0.2) is 0 Å². The van der Waals surface area contributed by atoms with E-state index in [4.69, 9.17) is 4.74 Å². The molecule has 1 N–H and O–H groups in total. The predicted molar refractivity (Wildman–Crippen MR) is 115 cm³/mol. The Labute approximate surface area is 172 Å². The normalized spacial score (nSPS) is 16.4. The zero-order valence-electron chi connectivity index (χ0n) is 16.7. The fourth-order valence-corrected chi connectivity index (χ4v) is 5.55. The lowest BCUT2D eigenvalue weighted by Crippen LogP contribution is -2.39. The lowest BCUT2D eigenvalue weighted by atomic mass is 9.95. The first-order valence-corrected chi connectivity index (χ1v) is 12.3. The second kappa shape index (κ2) is 9.87. The minimum absolute atomic E-state index is 0.297. The molecule has 0 amide bonds. The van der Waals surface area contributed by atoms with Gasteiger partial charge in [-0.15, -0.1) is 11.3 Å². The SMILES string of the molecule is CCCOc1ccc(S(=O)(=O)NCCN2CCC(c3cccs3)CC2)cc1C. The van der Waals surface area contributed by atoms with Gasteiger partial charge in [-0.05, 0) is 80.4 Å². The summed E-state index contributed by atoms with van der Waals surface area (Å²) in [5, 5.41) is 2.14. The van der Waals surface area contributed by atoms with Crippen molar-refractivity contribution in [1.29, 1.82) is 0 Å². The van der Waals surface area contributed by atoms with Gasteiger partial charge in [-0.2, -0.15) is 0 Å². The summed E-state index contributed by atoms with van der Waals surface area (Å²) in [5.74, 6) is 1.40. The van der Waals surface area contributed by atoms with E-state index in [-0.39, 0.29) is 0 Å². The molecule has 3 rings (SSSR count). The van der Waals surface area contributed by atoms with Gasteiger partial charge < -0.3 is 9.64 Å². The van der Waals surface area contributed by atoms with Gasteiger partial charge in [-0.1, -0.05) is 13.0 Å². The smallest absolute Gasteiger partial charge is 0.240 e. The average molecular weight is 423 g/mol. The highest BCUT2D eigenvalue weighted by atomic mass is 32.2. The topological polar surface area (TPSA) is 58.6 Å². The third kappa shape index (κ3) is 5.56. The standard InChI is InChI=1S/C21H30N2O3S2/c1-3-14-26-20-7-6-19(16-17(20)2)28(24,25)22-10-13-23-11-8-18(9-12-23)21-5-4-15-27-21/h4-7,15-16,18,22H,3,8-14H2,1-2H3. The van der Waals surface area contributed by atoms with Gasteiger partial charge in [-0.25, -0.2) is 13.1 Å². The van der Waals surface area contributed by atoms with Crippen LogP contribution in [0.25, 0.3) is 0 Å². The number of likely N-dealkylation sites (tertiary alicyclic amines) is 1. The van der Waals surface area contributed by atoms with Crippen LogP contribution < -0.4 is 9.46 Å². The molecule has 0 saturated carbocycles. The first kappa shape index (κ1) is 21.3. The maximum absolute atomic E-state index is 12.6. The number of rotatable bonds is 9. The van der Waals surface area contributed by atoms with Crippen LogP contribution in [-0.4, -0.2) is 46.1 Å². The number of hydrogen-bond donors (Lipinski definition) is 1. The van der Waals surface area contributed by atoms with E-state index in [1.807, 2.05) is 25.2 Å². The Morgan fingerprint density at radius 1 is 1.25 bits per heavy atom. The maximum atomic E-state index is 12.6. The lowest BCUT2D eigenvalue weighted by molar-refractivity contribution is 0.217. The van der Waals surface area contributed by atoms with Crippen LogP contribution in [0.1, 0.15) is 42.5 Å². The molecule has 1 aliphatic rings. The summed E-state index contributed by atoms with van der Waals surface area (Å²) in [6.07, 6.45) is 3.21. The average Bonchev–Trinajstić information content (AvgIpc) is 3.22. The molecule has 154 valence electrons. The summed E-state index contributed by atoms with van der Waals surface area (Å²) in [6.45, 7) is 7.77. The summed E-state index contributed by atoms with van der Waals surface area (Å²) in [7, 11) is -3.50. The summed E-state index contributed by atoms with van der Waals surface area (Å²) in [5.41, 5.74) is 0.840. The molecule has 7 heteroatoms. The first-order valence-electron chi connectivity index (χ1n) is 9.98. The number of ether oxygens (including phenoxy) is 1. The highest BCUT2D eigenvalue weighted by Gasteiger charge is 2.22. The van der Waals surface area contributed by atoms with Gasteiger partial charge in [0.1, 0.15) is 5.75 Å². The van der Waals surface area contributed by atoms with E-state index >= 15 is 0 Å². The molecule has 0 radical (unpaired) electrons. The second-order valence-electron chi connectivity index (χ2n) is 7.30. The summed E-state index contributed by atoms with van der Waals surface area (Å²) in [6, 6.07) is 9.38. The molecule has 0 spiro atoms.